The zero-order valence-electron chi connectivity index (χ0n) is 15.5. The summed E-state index contributed by atoms with van der Waals surface area (Å²) in [5.41, 5.74) is 3.60. The number of carboxylic acid groups (broad SMARTS) is 1. The summed E-state index contributed by atoms with van der Waals surface area (Å²) in [6.45, 7) is 2.75. The fraction of sp³-hybridized carbons (Fsp3) is 0.429. The third-order valence-corrected chi connectivity index (χ3v) is 4.83. The molecule has 1 aliphatic rings. The number of benzene rings is 1. The van der Waals surface area contributed by atoms with Crippen LogP contribution in [0.3, 0.4) is 0 Å². The molecule has 1 unspecified atom stereocenters. The number of fused-ring (bicyclic) bond motifs is 1. The van der Waals surface area contributed by atoms with Gasteiger partial charge in [-0.05, 0) is 43.7 Å². The number of carbonyl (C=O) groups excluding carboxylic acids is 1. The average molecular weight is 371 g/mol. The number of nitrogens with one attached hydrogen (secondary N) is 1. The normalized spacial score (nSPS) is 16.0. The first-order chi connectivity index (χ1) is 13.1. The second-order valence-electron chi connectivity index (χ2n) is 6.85. The van der Waals surface area contributed by atoms with Gasteiger partial charge in [-0.3, -0.25) is 9.59 Å². The van der Waals surface area contributed by atoms with Crippen LogP contribution in [0.5, 0.6) is 0 Å². The summed E-state index contributed by atoms with van der Waals surface area (Å²) >= 11 is 0. The van der Waals surface area contributed by atoms with Gasteiger partial charge in [-0.15, -0.1) is 0 Å². The van der Waals surface area contributed by atoms with Crippen LogP contribution in [-0.2, 0) is 22.4 Å². The first-order valence-electron chi connectivity index (χ1n) is 9.32. The molecule has 144 valence electrons. The van der Waals surface area contributed by atoms with Crippen molar-refractivity contribution in [1.82, 2.24) is 5.32 Å². The lowest BCUT2D eigenvalue weighted by Crippen LogP contribution is -2.27. The summed E-state index contributed by atoms with van der Waals surface area (Å²) in [6.07, 6.45) is 5.19. The van der Waals surface area contributed by atoms with Gasteiger partial charge in [-0.2, -0.15) is 0 Å². The predicted octanol–water partition coefficient (Wildman–Crippen LogP) is 3.43. The number of carboxylic acids is 1. The molecule has 27 heavy (non-hydrogen) atoms. The van der Waals surface area contributed by atoms with E-state index in [0.29, 0.717) is 30.7 Å². The van der Waals surface area contributed by atoms with Crippen molar-refractivity contribution >= 4 is 11.9 Å². The maximum Gasteiger partial charge on any atom is 0.311 e. The Morgan fingerprint density at radius 2 is 2.15 bits per heavy atom. The highest BCUT2D eigenvalue weighted by molar-refractivity contribution is 5.97. The molecule has 0 aliphatic heterocycles. The number of aryl methyl sites for hydroxylation is 2. The number of carbonyl (C=O) groups is 2. The number of aliphatic carboxylic acids is 1. The molecular weight excluding hydrogens is 346 g/mol. The largest absolute Gasteiger partial charge is 0.481 e. The molecule has 0 spiro atoms. The number of furan rings is 1. The Balaban J connectivity index is 1.46. The SMILES string of the molecule is Cc1coc(CC(=O)O)c1C(=O)NCCCOC1CCCc2ccccc21. The van der Waals surface area contributed by atoms with Gasteiger partial charge in [0.15, 0.2) is 0 Å². The monoisotopic (exact) mass is 371 g/mol. The molecule has 6 nitrogen and oxygen atoms in total. The minimum absolute atomic E-state index is 0.129. The van der Waals surface area contributed by atoms with Gasteiger partial charge in [0, 0.05) is 18.7 Å². The van der Waals surface area contributed by atoms with Crippen molar-refractivity contribution in [2.75, 3.05) is 13.2 Å². The van der Waals surface area contributed by atoms with E-state index in [4.69, 9.17) is 14.3 Å². The molecule has 1 amide bonds. The van der Waals surface area contributed by atoms with E-state index in [-0.39, 0.29) is 24.2 Å². The van der Waals surface area contributed by atoms with E-state index in [2.05, 4.69) is 23.5 Å². The lowest BCUT2D eigenvalue weighted by molar-refractivity contribution is -0.136. The minimum atomic E-state index is -1.03. The minimum Gasteiger partial charge on any atom is -0.481 e. The molecule has 1 heterocycles. The van der Waals surface area contributed by atoms with Crippen molar-refractivity contribution in [3.05, 3.63) is 58.5 Å². The molecule has 1 aromatic heterocycles. The van der Waals surface area contributed by atoms with Crippen LogP contribution in [-0.4, -0.2) is 30.1 Å². The van der Waals surface area contributed by atoms with Crippen LogP contribution in [0.4, 0.5) is 0 Å². The molecule has 2 aromatic rings. The molecule has 0 saturated heterocycles. The van der Waals surface area contributed by atoms with E-state index in [9.17, 15) is 9.59 Å². The van der Waals surface area contributed by atoms with Crippen molar-refractivity contribution in [1.29, 1.82) is 0 Å². The van der Waals surface area contributed by atoms with Crippen LogP contribution in [0.2, 0.25) is 0 Å². The highest BCUT2D eigenvalue weighted by atomic mass is 16.5. The van der Waals surface area contributed by atoms with Crippen molar-refractivity contribution in [3.63, 3.8) is 0 Å². The smallest absolute Gasteiger partial charge is 0.311 e. The molecule has 0 saturated carbocycles. The van der Waals surface area contributed by atoms with Gasteiger partial charge in [0.25, 0.3) is 5.91 Å². The number of rotatable bonds is 8. The summed E-state index contributed by atoms with van der Waals surface area (Å²) in [5, 5.41) is 11.7. The fourth-order valence-corrected chi connectivity index (χ4v) is 3.54. The van der Waals surface area contributed by atoms with Gasteiger partial charge in [0.05, 0.1) is 17.9 Å². The van der Waals surface area contributed by atoms with Crippen molar-refractivity contribution < 1.29 is 23.8 Å². The summed E-state index contributed by atoms with van der Waals surface area (Å²) < 4.78 is 11.2. The highest BCUT2D eigenvalue weighted by Gasteiger charge is 2.21. The second kappa shape index (κ2) is 8.86. The van der Waals surface area contributed by atoms with E-state index in [1.54, 1.807) is 6.92 Å². The maximum atomic E-state index is 12.4. The summed E-state index contributed by atoms with van der Waals surface area (Å²) in [7, 11) is 0. The number of ether oxygens (including phenoxy) is 1. The Bertz CT molecular complexity index is 811. The molecule has 2 N–H and O–H groups in total. The molecule has 0 bridgehead atoms. The summed E-state index contributed by atoms with van der Waals surface area (Å²) in [5.74, 6) is -1.15. The first kappa shape index (κ1) is 19.2. The Labute approximate surface area is 158 Å². The number of hydrogen-bond donors (Lipinski definition) is 2. The molecule has 0 radical (unpaired) electrons. The third kappa shape index (κ3) is 4.77. The molecular formula is C21H25NO5. The standard InChI is InChI=1S/C21H25NO5/c1-14-13-27-18(12-19(23)24)20(14)21(25)22-10-5-11-26-17-9-4-7-15-6-2-3-8-16(15)17/h2-3,6,8,13,17H,4-5,7,9-12H2,1H3,(H,22,25)(H,23,24). The fourth-order valence-electron chi connectivity index (χ4n) is 3.54. The van der Waals surface area contributed by atoms with Crippen molar-refractivity contribution in [3.8, 4) is 0 Å². The molecule has 3 rings (SSSR count). The van der Waals surface area contributed by atoms with E-state index < -0.39 is 5.97 Å². The first-order valence-corrected chi connectivity index (χ1v) is 9.32. The summed E-state index contributed by atoms with van der Waals surface area (Å²) in [4.78, 5) is 23.2. The van der Waals surface area contributed by atoms with Gasteiger partial charge >= 0.3 is 5.97 Å². The van der Waals surface area contributed by atoms with Crippen LogP contribution in [0, 0.1) is 6.92 Å². The number of hydrogen-bond acceptors (Lipinski definition) is 4. The number of amides is 1. The Hall–Kier alpha value is -2.60. The average Bonchev–Trinajstić information content (AvgIpc) is 3.01. The summed E-state index contributed by atoms with van der Waals surface area (Å²) in [6, 6.07) is 8.40. The van der Waals surface area contributed by atoms with Crippen molar-refractivity contribution in [2.24, 2.45) is 0 Å². The van der Waals surface area contributed by atoms with Crippen LogP contribution in [0.25, 0.3) is 0 Å². The van der Waals surface area contributed by atoms with E-state index in [1.807, 2.05) is 6.07 Å². The van der Waals surface area contributed by atoms with Gasteiger partial charge < -0.3 is 19.6 Å². The third-order valence-electron chi connectivity index (χ3n) is 4.83. The van der Waals surface area contributed by atoms with Crippen LogP contribution >= 0.6 is 0 Å². The van der Waals surface area contributed by atoms with E-state index >= 15 is 0 Å². The topological polar surface area (TPSA) is 88.8 Å². The quantitative estimate of drug-likeness (QED) is 0.694. The highest BCUT2D eigenvalue weighted by Crippen LogP contribution is 2.32. The van der Waals surface area contributed by atoms with Gasteiger partial charge in [-0.1, -0.05) is 24.3 Å². The molecule has 1 aliphatic carbocycles. The Morgan fingerprint density at radius 3 is 2.96 bits per heavy atom. The Kier molecular flexibility index (Phi) is 6.29. The molecule has 1 aromatic carbocycles. The molecule has 6 heteroatoms. The second-order valence-corrected chi connectivity index (χ2v) is 6.85. The van der Waals surface area contributed by atoms with Crippen LogP contribution < -0.4 is 5.32 Å². The Morgan fingerprint density at radius 1 is 1.33 bits per heavy atom. The van der Waals surface area contributed by atoms with Crippen molar-refractivity contribution in [2.45, 2.75) is 45.1 Å². The zero-order chi connectivity index (χ0) is 19.2. The van der Waals surface area contributed by atoms with E-state index in [0.717, 1.165) is 19.3 Å². The maximum absolute atomic E-state index is 12.4. The van der Waals surface area contributed by atoms with Crippen LogP contribution in [0.1, 0.15) is 58.2 Å². The van der Waals surface area contributed by atoms with Gasteiger partial charge in [0.1, 0.15) is 12.2 Å². The lowest BCUT2D eigenvalue weighted by Gasteiger charge is -2.25. The zero-order valence-corrected chi connectivity index (χ0v) is 15.5. The van der Waals surface area contributed by atoms with E-state index in [1.165, 1.54) is 17.4 Å². The van der Waals surface area contributed by atoms with Crippen LogP contribution in [0.15, 0.2) is 34.9 Å². The molecule has 0 fully saturated rings. The van der Waals surface area contributed by atoms with Gasteiger partial charge in [-0.25, -0.2) is 0 Å². The predicted molar refractivity (Wildman–Crippen MR) is 99.8 cm³/mol. The molecule has 1 atom stereocenters. The lowest BCUT2D eigenvalue weighted by atomic mass is 9.89. The van der Waals surface area contributed by atoms with Gasteiger partial charge in [0.2, 0.25) is 0 Å².